The Labute approximate surface area is 151 Å². The fraction of sp³-hybridized carbons (Fsp3) is 0.391. The predicted octanol–water partition coefficient (Wildman–Crippen LogP) is 6.36. The second-order valence-corrected chi connectivity index (χ2v) is 7.23. The van der Waals surface area contributed by atoms with Gasteiger partial charge in [-0.15, -0.1) is 0 Å². The minimum absolute atomic E-state index is 0.674. The molecule has 1 fully saturated rings. The summed E-state index contributed by atoms with van der Waals surface area (Å²) >= 11 is 0. The number of rotatable bonds is 3. The third-order valence-electron chi connectivity index (χ3n) is 5.28. The van der Waals surface area contributed by atoms with Crippen molar-refractivity contribution in [1.82, 2.24) is 0 Å². The molecule has 2 aromatic rings. The van der Waals surface area contributed by atoms with E-state index in [2.05, 4.69) is 32.0 Å². The highest BCUT2D eigenvalue weighted by Crippen LogP contribution is 2.36. The van der Waals surface area contributed by atoms with Gasteiger partial charge in [-0.25, -0.2) is 0 Å². The molecule has 25 heavy (non-hydrogen) atoms. The first-order chi connectivity index (χ1) is 12.1. The van der Waals surface area contributed by atoms with Crippen LogP contribution < -0.4 is 0 Å². The summed E-state index contributed by atoms with van der Waals surface area (Å²) in [5.41, 5.74) is 7.68. The van der Waals surface area contributed by atoms with Gasteiger partial charge in [-0.05, 0) is 73.9 Å². The Bertz CT molecular complexity index is 810. The maximum Gasteiger partial charge on any atom is 0.0991 e. The highest BCUT2D eigenvalue weighted by atomic mass is 14.8. The summed E-state index contributed by atoms with van der Waals surface area (Å²) in [4.78, 5) is 4.90. The summed E-state index contributed by atoms with van der Waals surface area (Å²) in [5.74, 6) is 0.720. The largest absolute Gasteiger partial charge is 0.253 e. The van der Waals surface area contributed by atoms with E-state index in [1.165, 1.54) is 48.8 Å². The molecule has 1 saturated carbocycles. The van der Waals surface area contributed by atoms with Gasteiger partial charge >= 0.3 is 0 Å². The van der Waals surface area contributed by atoms with Crippen LogP contribution in [0, 0.1) is 25.2 Å². The van der Waals surface area contributed by atoms with Gasteiger partial charge in [-0.2, -0.15) is 5.26 Å². The van der Waals surface area contributed by atoms with Crippen molar-refractivity contribution >= 4 is 11.4 Å². The average molecular weight is 330 g/mol. The van der Waals surface area contributed by atoms with E-state index in [0.29, 0.717) is 5.56 Å². The first-order valence-electron chi connectivity index (χ1n) is 9.25. The molecule has 0 radical (unpaired) electrons. The molecule has 0 aliphatic heterocycles. The molecular weight excluding hydrogens is 304 g/mol. The summed E-state index contributed by atoms with van der Waals surface area (Å²) in [6.07, 6.45) is 6.74. The van der Waals surface area contributed by atoms with E-state index in [1.807, 2.05) is 31.2 Å². The third kappa shape index (κ3) is 3.99. The van der Waals surface area contributed by atoms with Crippen LogP contribution in [0.4, 0.5) is 5.69 Å². The van der Waals surface area contributed by atoms with E-state index in [0.717, 1.165) is 22.9 Å². The smallest absolute Gasteiger partial charge is 0.0991 e. The van der Waals surface area contributed by atoms with Crippen LogP contribution in [0.2, 0.25) is 0 Å². The SMILES string of the molecule is CC(=Nc1c(C)cc(C2CCCCC2)cc1C)c1cccc(C#N)c1. The second-order valence-electron chi connectivity index (χ2n) is 7.23. The Kier molecular flexibility index (Phi) is 5.34. The lowest BCUT2D eigenvalue weighted by atomic mass is 9.83. The topological polar surface area (TPSA) is 36.1 Å². The number of nitrogens with zero attached hydrogens (tertiary/aromatic N) is 2. The van der Waals surface area contributed by atoms with Crippen LogP contribution >= 0.6 is 0 Å². The van der Waals surface area contributed by atoms with Crippen molar-refractivity contribution < 1.29 is 0 Å². The van der Waals surface area contributed by atoms with Crippen molar-refractivity contribution in [1.29, 1.82) is 5.26 Å². The Morgan fingerprint density at radius 3 is 2.36 bits per heavy atom. The van der Waals surface area contributed by atoms with Gasteiger partial charge in [-0.1, -0.05) is 43.5 Å². The van der Waals surface area contributed by atoms with Crippen molar-refractivity contribution in [2.24, 2.45) is 4.99 Å². The minimum atomic E-state index is 0.674. The molecule has 3 rings (SSSR count). The van der Waals surface area contributed by atoms with Crippen molar-refractivity contribution in [3.63, 3.8) is 0 Å². The zero-order chi connectivity index (χ0) is 17.8. The molecular formula is C23H26N2. The van der Waals surface area contributed by atoms with E-state index in [1.54, 1.807) is 0 Å². The quantitative estimate of drug-likeness (QED) is 0.603. The van der Waals surface area contributed by atoms with Crippen molar-refractivity contribution in [2.45, 2.75) is 58.8 Å². The van der Waals surface area contributed by atoms with Gasteiger partial charge in [-0.3, -0.25) is 4.99 Å². The Morgan fingerprint density at radius 1 is 1.04 bits per heavy atom. The summed E-state index contributed by atoms with van der Waals surface area (Å²) in [6, 6.07) is 14.5. The van der Waals surface area contributed by atoms with Gasteiger partial charge in [0, 0.05) is 5.71 Å². The van der Waals surface area contributed by atoms with Gasteiger partial charge < -0.3 is 0 Å². The molecule has 1 aliphatic rings. The molecule has 2 aromatic carbocycles. The summed E-state index contributed by atoms with van der Waals surface area (Å²) in [6.45, 7) is 6.35. The van der Waals surface area contributed by atoms with Crippen LogP contribution in [-0.2, 0) is 0 Å². The van der Waals surface area contributed by atoms with Crippen LogP contribution in [0.1, 0.15) is 72.8 Å². The maximum atomic E-state index is 9.09. The fourth-order valence-electron chi connectivity index (χ4n) is 3.88. The molecule has 0 spiro atoms. The standard InChI is InChI=1S/C23H26N2/c1-16-12-22(20-9-5-4-6-10-20)13-17(2)23(16)25-18(3)21-11-7-8-19(14-21)15-24/h7-8,11-14,20H,4-6,9-10H2,1-3H3. The first kappa shape index (κ1) is 17.4. The molecule has 1 aliphatic carbocycles. The van der Waals surface area contributed by atoms with E-state index in [9.17, 15) is 0 Å². The lowest BCUT2D eigenvalue weighted by Gasteiger charge is -2.23. The third-order valence-corrected chi connectivity index (χ3v) is 5.28. The van der Waals surface area contributed by atoms with Gasteiger partial charge in [0.2, 0.25) is 0 Å². The highest BCUT2D eigenvalue weighted by molar-refractivity contribution is 6.00. The highest BCUT2D eigenvalue weighted by Gasteiger charge is 2.17. The van der Waals surface area contributed by atoms with Crippen LogP contribution in [0.5, 0.6) is 0 Å². The van der Waals surface area contributed by atoms with Gasteiger partial charge in [0.15, 0.2) is 0 Å². The Balaban J connectivity index is 1.92. The van der Waals surface area contributed by atoms with Gasteiger partial charge in [0.25, 0.3) is 0 Å². The van der Waals surface area contributed by atoms with E-state index < -0.39 is 0 Å². The average Bonchev–Trinajstić information content (AvgIpc) is 2.65. The van der Waals surface area contributed by atoms with E-state index >= 15 is 0 Å². The lowest BCUT2D eigenvalue weighted by molar-refractivity contribution is 0.443. The van der Waals surface area contributed by atoms with Crippen LogP contribution in [-0.4, -0.2) is 5.71 Å². The van der Waals surface area contributed by atoms with Crippen LogP contribution in [0.3, 0.4) is 0 Å². The molecule has 2 nitrogen and oxygen atoms in total. The van der Waals surface area contributed by atoms with Crippen molar-refractivity contribution in [3.05, 3.63) is 64.2 Å². The zero-order valence-electron chi connectivity index (χ0n) is 15.5. The molecule has 0 bridgehead atoms. The summed E-state index contributed by atoms with van der Waals surface area (Å²) < 4.78 is 0. The molecule has 0 saturated heterocycles. The maximum absolute atomic E-state index is 9.09. The van der Waals surface area contributed by atoms with E-state index in [-0.39, 0.29) is 0 Å². The molecule has 0 atom stereocenters. The Hall–Kier alpha value is -2.40. The number of aliphatic imine (C=N–C) groups is 1. The number of aryl methyl sites for hydroxylation is 2. The number of hydrogen-bond donors (Lipinski definition) is 0. The number of hydrogen-bond acceptors (Lipinski definition) is 2. The summed E-state index contributed by atoms with van der Waals surface area (Å²) in [7, 11) is 0. The molecule has 0 aromatic heterocycles. The first-order valence-corrected chi connectivity index (χ1v) is 9.25. The Morgan fingerprint density at radius 2 is 1.72 bits per heavy atom. The van der Waals surface area contributed by atoms with Gasteiger partial charge in [0.1, 0.15) is 0 Å². The van der Waals surface area contributed by atoms with Crippen LogP contribution in [0.15, 0.2) is 41.4 Å². The minimum Gasteiger partial charge on any atom is -0.253 e. The van der Waals surface area contributed by atoms with Crippen molar-refractivity contribution in [2.75, 3.05) is 0 Å². The van der Waals surface area contributed by atoms with Gasteiger partial charge in [0.05, 0.1) is 17.3 Å². The molecule has 2 heteroatoms. The molecule has 128 valence electrons. The monoisotopic (exact) mass is 330 g/mol. The molecule has 0 unspecified atom stereocenters. The normalized spacial score (nSPS) is 15.8. The number of benzene rings is 2. The predicted molar refractivity (Wildman–Crippen MR) is 105 cm³/mol. The zero-order valence-corrected chi connectivity index (χ0v) is 15.5. The van der Waals surface area contributed by atoms with Crippen LogP contribution in [0.25, 0.3) is 0 Å². The van der Waals surface area contributed by atoms with E-state index in [4.69, 9.17) is 10.3 Å². The number of nitriles is 1. The molecule has 0 N–H and O–H groups in total. The molecule has 0 heterocycles. The lowest BCUT2D eigenvalue weighted by Crippen LogP contribution is -2.05. The second kappa shape index (κ2) is 7.66. The van der Waals surface area contributed by atoms with Crippen molar-refractivity contribution in [3.8, 4) is 6.07 Å². The fourth-order valence-corrected chi connectivity index (χ4v) is 3.88. The summed E-state index contributed by atoms with van der Waals surface area (Å²) in [5, 5.41) is 9.09. The molecule has 0 amide bonds.